The Labute approximate surface area is 150 Å². The van der Waals surface area contributed by atoms with Crippen LogP contribution in [-0.2, 0) is 17.8 Å². The highest BCUT2D eigenvalue weighted by molar-refractivity contribution is 6.30. The highest BCUT2D eigenvalue weighted by atomic mass is 35.5. The lowest BCUT2D eigenvalue weighted by molar-refractivity contribution is -0.121. The summed E-state index contributed by atoms with van der Waals surface area (Å²) >= 11 is 5.94. The van der Waals surface area contributed by atoms with Gasteiger partial charge in [-0.2, -0.15) is 0 Å². The molecule has 1 amide bonds. The molecule has 0 aliphatic heterocycles. The number of aromatic nitrogens is 2. The number of nitrogens with zero attached hydrogens (tertiary/aromatic N) is 2. The molecule has 0 bridgehead atoms. The fourth-order valence-corrected chi connectivity index (χ4v) is 2.91. The first kappa shape index (κ1) is 17.2. The molecule has 0 fully saturated rings. The van der Waals surface area contributed by atoms with Gasteiger partial charge in [-0.3, -0.25) is 14.2 Å². The lowest BCUT2D eigenvalue weighted by atomic mass is 10.1. The van der Waals surface area contributed by atoms with Crippen molar-refractivity contribution < 1.29 is 4.79 Å². The summed E-state index contributed by atoms with van der Waals surface area (Å²) in [7, 11) is 0. The zero-order valence-electron chi connectivity index (χ0n) is 13.8. The Morgan fingerprint density at radius 3 is 2.84 bits per heavy atom. The molecule has 3 aromatic rings. The summed E-state index contributed by atoms with van der Waals surface area (Å²) in [5, 5.41) is 4.01. The Morgan fingerprint density at radius 2 is 2.04 bits per heavy atom. The largest absolute Gasteiger partial charge is 0.354 e. The van der Waals surface area contributed by atoms with Gasteiger partial charge in [-0.1, -0.05) is 35.9 Å². The molecule has 3 rings (SSSR count). The summed E-state index contributed by atoms with van der Waals surface area (Å²) in [6.45, 7) is 2.33. The Balaban J connectivity index is 1.64. The van der Waals surface area contributed by atoms with E-state index < -0.39 is 0 Å². The van der Waals surface area contributed by atoms with Crippen molar-refractivity contribution in [1.29, 1.82) is 0 Å². The molecule has 0 radical (unpaired) electrons. The summed E-state index contributed by atoms with van der Waals surface area (Å²) < 4.78 is 1.33. The van der Waals surface area contributed by atoms with Crippen molar-refractivity contribution in [2.75, 3.05) is 6.54 Å². The minimum atomic E-state index is -0.224. The van der Waals surface area contributed by atoms with E-state index in [1.165, 1.54) is 10.9 Å². The van der Waals surface area contributed by atoms with Crippen LogP contribution in [0.5, 0.6) is 0 Å². The monoisotopic (exact) mass is 355 g/mol. The summed E-state index contributed by atoms with van der Waals surface area (Å²) in [5.74, 6) is -0.224. The van der Waals surface area contributed by atoms with Crippen LogP contribution in [0.4, 0.5) is 0 Å². The number of benzene rings is 2. The number of halogens is 1. The molecular formula is C19H18ClN3O2. The SMILES string of the molecule is Cc1cccc2c(=O)n(CC(=O)NCCc3cccc(Cl)c3)cnc12. The Kier molecular flexibility index (Phi) is 5.14. The number of amides is 1. The van der Waals surface area contributed by atoms with Gasteiger partial charge in [0, 0.05) is 11.6 Å². The zero-order valence-corrected chi connectivity index (χ0v) is 14.6. The van der Waals surface area contributed by atoms with Gasteiger partial charge in [-0.15, -0.1) is 0 Å². The molecule has 1 heterocycles. The number of carbonyl (C=O) groups is 1. The van der Waals surface area contributed by atoms with Gasteiger partial charge in [0.25, 0.3) is 5.56 Å². The Bertz CT molecular complexity index is 982. The van der Waals surface area contributed by atoms with Crippen molar-refractivity contribution in [2.45, 2.75) is 19.9 Å². The molecule has 0 spiro atoms. The number of carbonyl (C=O) groups excluding carboxylic acids is 1. The van der Waals surface area contributed by atoms with Gasteiger partial charge in [0.15, 0.2) is 0 Å². The molecule has 0 atom stereocenters. The molecule has 25 heavy (non-hydrogen) atoms. The molecule has 0 saturated heterocycles. The van der Waals surface area contributed by atoms with Gasteiger partial charge in [0.2, 0.25) is 5.91 Å². The van der Waals surface area contributed by atoms with E-state index in [4.69, 9.17) is 11.6 Å². The molecule has 128 valence electrons. The molecule has 0 aliphatic carbocycles. The summed E-state index contributed by atoms with van der Waals surface area (Å²) in [5.41, 5.74) is 2.45. The first-order valence-corrected chi connectivity index (χ1v) is 8.38. The quantitative estimate of drug-likeness (QED) is 0.765. The van der Waals surface area contributed by atoms with Crippen LogP contribution in [0, 0.1) is 6.92 Å². The van der Waals surface area contributed by atoms with Crippen molar-refractivity contribution in [3.63, 3.8) is 0 Å². The normalized spacial score (nSPS) is 10.8. The number of hydrogen-bond acceptors (Lipinski definition) is 3. The molecule has 6 heteroatoms. The lowest BCUT2D eigenvalue weighted by Crippen LogP contribution is -2.33. The predicted octanol–water partition coefficient (Wildman–Crippen LogP) is 2.72. The third-order valence-corrected chi connectivity index (χ3v) is 4.23. The van der Waals surface area contributed by atoms with Gasteiger partial charge < -0.3 is 5.32 Å². The Hall–Kier alpha value is -2.66. The van der Waals surface area contributed by atoms with Crippen LogP contribution in [0.3, 0.4) is 0 Å². The second kappa shape index (κ2) is 7.49. The molecule has 0 unspecified atom stereocenters. The third-order valence-electron chi connectivity index (χ3n) is 3.99. The number of fused-ring (bicyclic) bond motifs is 1. The standard InChI is InChI=1S/C19H18ClN3O2/c1-13-4-2-7-16-18(13)22-12-23(19(16)25)11-17(24)21-9-8-14-5-3-6-15(20)10-14/h2-7,10,12H,8-9,11H2,1H3,(H,21,24). The predicted molar refractivity (Wildman–Crippen MR) is 98.9 cm³/mol. The highest BCUT2D eigenvalue weighted by Crippen LogP contribution is 2.11. The van der Waals surface area contributed by atoms with Crippen LogP contribution in [0.15, 0.2) is 53.6 Å². The van der Waals surface area contributed by atoms with Crippen molar-refractivity contribution in [3.8, 4) is 0 Å². The van der Waals surface area contributed by atoms with Crippen LogP contribution < -0.4 is 10.9 Å². The van der Waals surface area contributed by atoms with Gasteiger partial charge in [0.05, 0.1) is 17.2 Å². The van der Waals surface area contributed by atoms with E-state index in [0.717, 1.165) is 11.1 Å². The van der Waals surface area contributed by atoms with Crippen molar-refractivity contribution in [1.82, 2.24) is 14.9 Å². The molecule has 0 saturated carbocycles. The number of para-hydroxylation sites is 1. The van der Waals surface area contributed by atoms with Crippen LogP contribution in [0.25, 0.3) is 10.9 Å². The average molecular weight is 356 g/mol. The number of hydrogen-bond donors (Lipinski definition) is 1. The first-order chi connectivity index (χ1) is 12.0. The van der Waals surface area contributed by atoms with Crippen LogP contribution in [0.2, 0.25) is 5.02 Å². The maximum Gasteiger partial charge on any atom is 0.261 e. The van der Waals surface area contributed by atoms with Gasteiger partial charge in [-0.05, 0) is 42.7 Å². The molecule has 1 N–H and O–H groups in total. The van der Waals surface area contributed by atoms with Crippen molar-refractivity contribution in [2.24, 2.45) is 0 Å². The molecule has 2 aromatic carbocycles. The molecular weight excluding hydrogens is 338 g/mol. The second-order valence-electron chi connectivity index (χ2n) is 5.88. The molecule has 0 aliphatic rings. The van der Waals surface area contributed by atoms with E-state index in [1.54, 1.807) is 6.07 Å². The molecule has 1 aromatic heterocycles. The zero-order chi connectivity index (χ0) is 17.8. The molecule has 5 nitrogen and oxygen atoms in total. The van der Waals surface area contributed by atoms with Crippen LogP contribution in [0.1, 0.15) is 11.1 Å². The number of rotatable bonds is 5. The van der Waals surface area contributed by atoms with E-state index in [-0.39, 0.29) is 18.0 Å². The van der Waals surface area contributed by atoms with E-state index in [0.29, 0.717) is 28.9 Å². The minimum absolute atomic E-state index is 0.0503. The first-order valence-electron chi connectivity index (χ1n) is 8.00. The maximum atomic E-state index is 12.5. The fourth-order valence-electron chi connectivity index (χ4n) is 2.70. The van der Waals surface area contributed by atoms with E-state index in [1.807, 2.05) is 43.3 Å². The van der Waals surface area contributed by atoms with Crippen LogP contribution >= 0.6 is 11.6 Å². The number of aryl methyl sites for hydroxylation is 1. The minimum Gasteiger partial charge on any atom is -0.354 e. The fraction of sp³-hybridized carbons (Fsp3) is 0.211. The third kappa shape index (κ3) is 4.06. The summed E-state index contributed by atoms with van der Waals surface area (Å²) in [4.78, 5) is 28.9. The van der Waals surface area contributed by atoms with Gasteiger partial charge >= 0.3 is 0 Å². The van der Waals surface area contributed by atoms with E-state index in [2.05, 4.69) is 10.3 Å². The topological polar surface area (TPSA) is 64.0 Å². The van der Waals surface area contributed by atoms with Gasteiger partial charge in [-0.25, -0.2) is 4.98 Å². The average Bonchev–Trinajstić information content (AvgIpc) is 2.58. The maximum absolute atomic E-state index is 12.5. The summed E-state index contributed by atoms with van der Waals surface area (Å²) in [6, 6.07) is 13.0. The van der Waals surface area contributed by atoms with E-state index >= 15 is 0 Å². The van der Waals surface area contributed by atoms with Gasteiger partial charge in [0.1, 0.15) is 6.54 Å². The van der Waals surface area contributed by atoms with Crippen molar-refractivity contribution >= 4 is 28.4 Å². The van der Waals surface area contributed by atoms with Crippen molar-refractivity contribution in [3.05, 3.63) is 75.3 Å². The number of nitrogens with one attached hydrogen (secondary N) is 1. The second-order valence-corrected chi connectivity index (χ2v) is 6.32. The van der Waals surface area contributed by atoms with E-state index in [9.17, 15) is 9.59 Å². The highest BCUT2D eigenvalue weighted by Gasteiger charge is 2.09. The lowest BCUT2D eigenvalue weighted by Gasteiger charge is -2.09. The van der Waals surface area contributed by atoms with Crippen LogP contribution in [-0.4, -0.2) is 22.0 Å². The summed E-state index contributed by atoms with van der Waals surface area (Å²) in [6.07, 6.45) is 2.10. The smallest absolute Gasteiger partial charge is 0.261 e. The Morgan fingerprint density at radius 1 is 1.24 bits per heavy atom.